The molecule has 164 valence electrons. The monoisotopic (exact) mass is 439 g/mol. The first-order valence-corrected chi connectivity index (χ1v) is 11.6. The number of benzene rings is 2. The highest BCUT2D eigenvalue weighted by atomic mass is 32.2. The van der Waals surface area contributed by atoms with Crippen LogP contribution in [0.2, 0.25) is 0 Å². The molecular formula is C23H28F3NO2S. The summed E-state index contributed by atoms with van der Waals surface area (Å²) in [7, 11) is 0. The lowest BCUT2D eigenvalue weighted by molar-refractivity contribution is -0.169. The Kier molecular flexibility index (Phi) is 7.50. The van der Waals surface area contributed by atoms with Crippen molar-refractivity contribution in [3.05, 3.63) is 71.0 Å². The number of unbranched alkanes of at least 4 members (excludes halogenated alkanes) is 1. The lowest BCUT2D eigenvalue weighted by atomic mass is 9.96. The zero-order valence-electron chi connectivity index (χ0n) is 17.3. The van der Waals surface area contributed by atoms with Gasteiger partial charge in [0.1, 0.15) is 17.2 Å². The van der Waals surface area contributed by atoms with Crippen LogP contribution in [0, 0.1) is 5.82 Å². The number of halogens is 3. The average molecular weight is 440 g/mol. The van der Waals surface area contributed by atoms with E-state index in [9.17, 15) is 4.55 Å². The van der Waals surface area contributed by atoms with Gasteiger partial charge >= 0.3 is 5.92 Å². The minimum Gasteiger partial charge on any atom is -0.598 e. The Morgan fingerprint density at radius 1 is 1.17 bits per heavy atom. The molecule has 1 saturated carbocycles. The minimum atomic E-state index is -3.47. The maximum absolute atomic E-state index is 15.4. The fourth-order valence-electron chi connectivity index (χ4n) is 3.43. The number of ether oxygens (including phenoxy) is 1. The first kappa shape index (κ1) is 23.1. The van der Waals surface area contributed by atoms with Crippen LogP contribution < -0.4 is 4.72 Å². The van der Waals surface area contributed by atoms with Gasteiger partial charge in [-0.2, -0.15) is 8.78 Å². The molecule has 0 aromatic heterocycles. The van der Waals surface area contributed by atoms with Crippen molar-refractivity contribution in [1.82, 2.24) is 4.72 Å². The molecule has 2 atom stereocenters. The van der Waals surface area contributed by atoms with Gasteiger partial charge in [0.2, 0.25) is 0 Å². The van der Waals surface area contributed by atoms with Crippen molar-refractivity contribution < 1.29 is 22.5 Å². The van der Waals surface area contributed by atoms with Crippen LogP contribution in [0.3, 0.4) is 0 Å². The average Bonchev–Trinajstić information content (AvgIpc) is 3.53. The quantitative estimate of drug-likeness (QED) is 0.451. The number of rotatable bonds is 11. The smallest absolute Gasteiger partial charge is 0.304 e. The van der Waals surface area contributed by atoms with E-state index in [2.05, 4.69) is 4.72 Å². The van der Waals surface area contributed by atoms with Crippen LogP contribution >= 0.6 is 0 Å². The van der Waals surface area contributed by atoms with Crippen molar-refractivity contribution in [1.29, 1.82) is 0 Å². The summed E-state index contributed by atoms with van der Waals surface area (Å²) in [6.07, 6.45) is 2.01. The molecular weight excluding hydrogens is 411 g/mol. The lowest BCUT2D eigenvalue weighted by Gasteiger charge is -2.29. The second-order valence-electron chi connectivity index (χ2n) is 7.79. The second kappa shape index (κ2) is 9.73. The Hall–Kier alpha value is -1.54. The summed E-state index contributed by atoms with van der Waals surface area (Å²) in [6, 6.07) is 12.4. The van der Waals surface area contributed by atoms with E-state index >= 15 is 13.2 Å². The molecule has 1 aliphatic rings. The van der Waals surface area contributed by atoms with E-state index in [0.717, 1.165) is 24.5 Å². The Balaban J connectivity index is 1.76. The summed E-state index contributed by atoms with van der Waals surface area (Å²) in [5.74, 6) is -4.00. The van der Waals surface area contributed by atoms with E-state index in [1.807, 2.05) is 25.1 Å². The van der Waals surface area contributed by atoms with Gasteiger partial charge in [0.15, 0.2) is 0 Å². The SMILES string of the molecule is CCCC[S+]([O-])N[C@H](C)c1cccc(C(F)(F)C2(OCc3ccccc3)CC2)c1F. The summed E-state index contributed by atoms with van der Waals surface area (Å²) in [6.45, 7) is 3.66. The minimum absolute atomic E-state index is 0.0477. The summed E-state index contributed by atoms with van der Waals surface area (Å²) in [5.41, 5.74) is -1.49. The Morgan fingerprint density at radius 3 is 2.50 bits per heavy atom. The summed E-state index contributed by atoms with van der Waals surface area (Å²) >= 11 is -1.34. The van der Waals surface area contributed by atoms with Gasteiger partial charge < -0.3 is 9.29 Å². The molecule has 30 heavy (non-hydrogen) atoms. The van der Waals surface area contributed by atoms with Gasteiger partial charge in [-0.05, 0) is 37.8 Å². The van der Waals surface area contributed by atoms with Crippen LogP contribution in [0.1, 0.15) is 62.3 Å². The fraction of sp³-hybridized carbons (Fsp3) is 0.478. The van der Waals surface area contributed by atoms with E-state index in [-0.39, 0.29) is 25.0 Å². The third kappa shape index (κ3) is 5.02. The Morgan fingerprint density at radius 2 is 1.87 bits per heavy atom. The molecule has 1 N–H and O–H groups in total. The van der Waals surface area contributed by atoms with Crippen LogP contribution in [0.5, 0.6) is 0 Å². The van der Waals surface area contributed by atoms with Crippen LogP contribution in [0.4, 0.5) is 13.2 Å². The van der Waals surface area contributed by atoms with Crippen molar-refractivity contribution in [2.75, 3.05) is 5.75 Å². The highest BCUT2D eigenvalue weighted by Crippen LogP contribution is 2.57. The van der Waals surface area contributed by atoms with Crippen molar-refractivity contribution in [3.8, 4) is 0 Å². The molecule has 0 amide bonds. The molecule has 2 aromatic rings. The molecule has 0 radical (unpaired) electrons. The summed E-state index contributed by atoms with van der Waals surface area (Å²) in [4.78, 5) is 0. The molecule has 0 bridgehead atoms. The predicted octanol–water partition coefficient (Wildman–Crippen LogP) is 5.78. The van der Waals surface area contributed by atoms with Crippen LogP contribution in [0.15, 0.2) is 48.5 Å². The van der Waals surface area contributed by atoms with Crippen molar-refractivity contribution >= 4 is 11.4 Å². The molecule has 7 heteroatoms. The summed E-state index contributed by atoms with van der Waals surface area (Å²) < 4.78 is 66.5. The Labute approximate surface area is 179 Å². The van der Waals surface area contributed by atoms with Crippen molar-refractivity contribution in [2.45, 2.75) is 63.7 Å². The molecule has 0 saturated heterocycles. The number of hydrogen-bond donors (Lipinski definition) is 1. The number of nitrogens with one attached hydrogen (secondary N) is 1. The van der Waals surface area contributed by atoms with Gasteiger partial charge in [-0.15, -0.1) is 4.72 Å². The lowest BCUT2D eigenvalue weighted by Crippen LogP contribution is -2.37. The van der Waals surface area contributed by atoms with Gasteiger partial charge in [-0.3, -0.25) is 0 Å². The number of alkyl halides is 2. The highest BCUT2D eigenvalue weighted by Gasteiger charge is 2.65. The zero-order chi connectivity index (χ0) is 21.8. The normalized spacial score (nSPS) is 17.5. The standard InChI is InChI=1S/C23H28F3NO2S/c1-3-4-15-30(28)27-17(2)19-11-8-12-20(21(19)24)23(25,26)22(13-14-22)29-16-18-9-6-5-7-10-18/h5-12,17,27H,3-4,13-16H2,1-2H3/t17-,30?/m1/s1. The Bertz CT molecular complexity index is 830. The van der Waals surface area contributed by atoms with E-state index in [1.54, 1.807) is 19.1 Å². The van der Waals surface area contributed by atoms with E-state index in [0.29, 0.717) is 5.75 Å². The molecule has 3 rings (SSSR count). The molecule has 0 aliphatic heterocycles. The van der Waals surface area contributed by atoms with E-state index in [1.165, 1.54) is 12.1 Å². The first-order valence-electron chi connectivity index (χ1n) is 10.3. The topological polar surface area (TPSA) is 44.3 Å². The molecule has 1 unspecified atom stereocenters. The molecule has 2 aromatic carbocycles. The summed E-state index contributed by atoms with van der Waals surface area (Å²) in [5, 5.41) is 0. The predicted molar refractivity (Wildman–Crippen MR) is 113 cm³/mol. The van der Waals surface area contributed by atoms with Gasteiger partial charge in [0.05, 0.1) is 18.2 Å². The maximum Gasteiger partial charge on any atom is 0.304 e. The molecule has 0 spiro atoms. The van der Waals surface area contributed by atoms with Gasteiger partial charge in [-0.1, -0.05) is 55.8 Å². The van der Waals surface area contributed by atoms with E-state index in [4.69, 9.17) is 4.74 Å². The van der Waals surface area contributed by atoms with Gasteiger partial charge in [-0.25, -0.2) is 4.39 Å². The highest BCUT2D eigenvalue weighted by molar-refractivity contribution is 7.89. The first-order chi connectivity index (χ1) is 14.3. The molecule has 1 fully saturated rings. The van der Waals surface area contributed by atoms with Crippen molar-refractivity contribution in [2.24, 2.45) is 0 Å². The van der Waals surface area contributed by atoms with Gasteiger partial charge in [0, 0.05) is 16.9 Å². The molecule has 3 nitrogen and oxygen atoms in total. The fourth-order valence-corrected chi connectivity index (χ4v) is 4.62. The van der Waals surface area contributed by atoms with Crippen LogP contribution in [-0.4, -0.2) is 15.9 Å². The van der Waals surface area contributed by atoms with Crippen molar-refractivity contribution in [3.63, 3.8) is 0 Å². The largest absolute Gasteiger partial charge is 0.598 e. The molecule has 1 aliphatic carbocycles. The second-order valence-corrected chi connectivity index (χ2v) is 9.13. The zero-order valence-corrected chi connectivity index (χ0v) is 18.1. The van der Waals surface area contributed by atoms with E-state index < -0.39 is 40.3 Å². The maximum atomic E-state index is 15.4. The third-order valence-corrected chi connectivity index (χ3v) is 6.74. The van der Waals surface area contributed by atoms with Crippen LogP contribution in [0.25, 0.3) is 0 Å². The molecule has 0 heterocycles. The third-order valence-electron chi connectivity index (χ3n) is 5.46. The van der Waals surface area contributed by atoms with Crippen LogP contribution in [-0.2, 0) is 28.6 Å². The number of hydrogen-bond acceptors (Lipinski definition) is 3. The van der Waals surface area contributed by atoms with Gasteiger partial charge in [0.25, 0.3) is 0 Å².